The van der Waals surface area contributed by atoms with Crippen LogP contribution in [-0.4, -0.2) is 64.3 Å². The van der Waals surface area contributed by atoms with Gasteiger partial charge in [0.2, 0.25) is 0 Å². The van der Waals surface area contributed by atoms with Gasteiger partial charge in [-0.25, -0.2) is 23.1 Å². The van der Waals surface area contributed by atoms with Crippen LogP contribution in [0.4, 0.5) is 20.2 Å². The standard InChI is InChI=1S/C28H26F2N8O2S/c29-18-7-10-37(16-18)41-35-25-5-3-23(30)27(22(25)14-31)40-20-2-4-24-21(13-20)28(39)38(17-34-24)26-6-1-19(15-33-26)36-11-8-32-9-12-36/h1-6,13,15,17-18,32,35H,7-12,16H2. The van der Waals surface area contributed by atoms with Gasteiger partial charge in [-0.2, -0.15) is 5.26 Å². The topological polar surface area (TPSA) is 111 Å². The first-order valence-electron chi connectivity index (χ1n) is 13.2. The number of halogens is 2. The number of rotatable bonds is 7. The summed E-state index contributed by atoms with van der Waals surface area (Å²) in [6.45, 7) is 4.39. The predicted octanol–water partition coefficient (Wildman–Crippen LogP) is 4.01. The van der Waals surface area contributed by atoms with Crippen LogP contribution in [0.1, 0.15) is 12.0 Å². The van der Waals surface area contributed by atoms with E-state index in [-0.39, 0.29) is 34.6 Å². The van der Waals surface area contributed by atoms with Crippen molar-refractivity contribution in [2.75, 3.05) is 48.9 Å². The number of benzene rings is 2. The lowest BCUT2D eigenvalue weighted by Gasteiger charge is -2.29. The first-order chi connectivity index (χ1) is 20.0. The Morgan fingerprint density at radius 3 is 2.71 bits per heavy atom. The Hall–Kier alpha value is -4.25. The van der Waals surface area contributed by atoms with Gasteiger partial charge in [0.1, 0.15) is 35.7 Å². The summed E-state index contributed by atoms with van der Waals surface area (Å²) >= 11 is 1.15. The summed E-state index contributed by atoms with van der Waals surface area (Å²) in [5, 5.41) is 13.4. The lowest BCUT2D eigenvalue weighted by molar-refractivity contribution is 0.349. The largest absolute Gasteiger partial charge is 0.453 e. The molecule has 1 atom stereocenters. The molecule has 4 heterocycles. The van der Waals surface area contributed by atoms with E-state index in [0.29, 0.717) is 30.0 Å². The first kappa shape index (κ1) is 26.9. The van der Waals surface area contributed by atoms with Crippen LogP contribution in [-0.2, 0) is 0 Å². The molecule has 2 fully saturated rings. The molecule has 10 nitrogen and oxygen atoms in total. The lowest BCUT2D eigenvalue weighted by Crippen LogP contribution is -2.43. The summed E-state index contributed by atoms with van der Waals surface area (Å²) in [7, 11) is 0. The molecule has 2 aromatic heterocycles. The summed E-state index contributed by atoms with van der Waals surface area (Å²) in [6.07, 6.45) is 2.70. The molecular weight excluding hydrogens is 550 g/mol. The van der Waals surface area contributed by atoms with Gasteiger partial charge in [-0.15, -0.1) is 0 Å². The maximum Gasteiger partial charge on any atom is 0.267 e. The number of aromatic nitrogens is 3. The van der Waals surface area contributed by atoms with Gasteiger partial charge in [-0.3, -0.25) is 9.36 Å². The first-order valence-corrected chi connectivity index (χ1v) is 13.9. The van der Waals surface area contributed by atoms with Gasteiger partial charge >= 0.3 is 0 Å². The van der Waals surface area contributed by atoms with Gasteiger partial charge in [-0.05, 0) is 48.9 Å². The monoisotopic (exact) mass is 576 g/mol. The number of ether oxygens (including phenoxy) is 1. The molecule has 2 N–H and O–H groups in total. The van der Waals surface area contributed by atoms with Crippen LogP contribution in [0.5, 0.6) is 11.5 Å². The van der Waals surface area contributed by atoms with E-state index in [9.17, 15) is 18.8 Å². The Labute approximate surface area is 238 Å². The summed E-state index contributed by atoms with van der Waals surface area (Å²) in [5.41, 5.74) is 1.32. The zero-order valence-electron chi connectivity index (χ0n) is 21.9. The molecule has 0 bridgehead atoms. The number of hydrogen-bond acceptors (Lipinski definition) is 10. The molecular formula is C28H26F2N8O2S. The second kappa shape index (κ2) is 11.7. The van der Waals surface area contributed by atoms with Gasteiger partial charge in [-0.1, -0.05) is 0 Å². The van der Waals surface area contributed by atoms with Crippen molar-refractivity contribution in [2.45, 2.75) is 12.6 Å². The zero-order chi connectivity index (χ0) is 28.3. The highest BCUT2D eigenvalue weighted by Crippen LogP contribution is 2.35. The van der Waals surface area contributed by atoms with Crippen molar-refractivity contribution < 1.29 is 13.5 Å². The third-order valence-corrected chi connectivity index (χ3v) is 7.91. The van der Waals surface area contributed by atoms with Crippen LogP contribution in [0, 0.1) is 17.1 Å². The van der Waals surface area contributed by atoms with Crippen LogP contribution in [0.2, 0.25) is 0 Å². The Kier molecular flexibility index (Phi) is 7.69. The van der Waals surface area contributed by atoms with E-state index in [4.69, 9.17) is 4.74 Å². The lowest BCUT2D eigenvalue weighted by atomic mass is 10.1. The summed E-state index contributed by atoms with van der Waals surface area (Å²) in [6, 6.07) is 12.9. The van der Waals surface area contributed by atoms with Crippen molar-refractivity contribution in [2.24, 2.45) is 0 Å². The highest BCUT2D eigenvalue weighted by Gasteiger charge is 2.23. The van der Waals surface area contributed by atoms with Crippen molar-refractivity contribution in [3.05, 3.63) is 76.7 Å². The number of nitrogens with zero attached hydrogens (tertiary/aromatic N) is 6. The molecule has 13 heteroatoms. The third kappa shape index (κ3) is 5.67. The van der Waals surface area contributed by atoms with E-state index in [2.05, 4.69) is 24.9 Å². The number of hydrogen-bond donors (Lipinski definition) is 2. The SMILES string of the molecule is N#Cc1c(NSN2CCC(F)C2)ccc(F)c1Oc1ccc2ncn(-c3ccc(N4CCNCC4)cn3)c(=O)c2c1. The van der Waals surface area contributed by atoms with E-state index >= 15 is 0 Å². The second-order valence-electron chi connectivity index (χ2n) is 9.69. The van der Waals surface area contributed by atoms with E-state index in [1.54, 1.807) is 28.7 Å². The van der Waals surface area contributed by atoms with Crippen molar-refractivity contribution in [1.82, 2.24) is 24.2 Å². The number of nitriles is 1. The van der Waals surface area contributed by atoms with Crippen molar-refractivity contribution >= 4 is 34.4 Å². The number of nitrogens with one attached hydrogen (secondary N) is 2. The van der Waals surface area contributed by atoms with Crippen LogP contribution >= 0.6 is 12.1 Å². The number of alkyl halides is 1. The fourth-order valence-corrected chi connectivity index (χ4v) is 5.64. The van der Waals surface area contributed by atoms with E-state index in [0.717, 1.165) is 44.0 Å². The van der Waals surface area contributed by atoms with Crippen molar-refractivity contribution in [3.63, 3.8) is 0 Å². The molecule has 41 heavy (non-hydrogen) atoms. The van der Waals surface area contributed by atoms with Crippen LogP contribution in [0.15, 0.2) is 59.8 Å². The van der Waals surface area contributed by atoms with Crippen LogP contribution in [0.3, 0.4) is 0 Å². The Bertz CT molecular complexity index is 1670. The predicted molar refractivity (Wildman–Crippen MR) is 154 cm³/mol. The molecule has 0 amide bonds. The fraction of sp³-hybridized carbons (Fsp3) is 0.286. The fourth-order valence-electron chi connectivity index (χ4n) is 4.81. The van der Waals surface area contributed by atoms with Gasteiger partial charge < -0.3 is 19.7 Å². The Morgan fingerprint density at radius 2 is 1.98 bits per heavy atom. The second-order valence-corrected chi connectivity index (χ2v) is 10.6. The van der Waals surface area contributed by atoms with Gasteiger partial charge in [0.15, 0.2) is 11.6 Å². The van der Waals surface area contributed by atoms with Gasteiger partial charge in [0, 0.05) is 51.4 Å². The van der Waals surface area contributed by atoms with Crippen LogP contribution in [0.25, 0.3) is 16.7 Å². The van der Waals surface area contributed by atoms with E-state index < -0.39 is 12.0 Å². The molecule has 2 aliphatic heterocycles. The van der Waals surface area contributed by atoms with Gasteiger partial charge in [0.25, 0.3) is 5.56 Å². The van der Waals surface area contributed by atoms with E-state index in [1.165, 1.54) is 29.1 Å². The highest BCUT2D eigenvalue weighted by molar-refractivity contribution is 7.98. The molecule has 0 saturated carbocycles. The van der Waals surface area contributed by atoms with Crippen molar-refractivity contribution in [1.29, 1.82) is 5.26 Å². The smallest absolute Gasteiger partial charge is 0.267 e. The Balaban J connectivity index is 1.26. The van der Waals surface area contributed by atoms with Crippen molar-refractivity contribution in [3.8, 4) is 23.4 Å². The molecule has 2 aromatic carbocycles. The van der Waals surface area contributed by atoms with E-state index in [1.807, 2.05) is 12.1 Å². The van der Waals surface area contributed by atoms with Gasteiger partial charge in [0.05, 0.1) is 28.5 Å². The minimum absolute atomic E-state index is 0.0500. The average molecular weight is 577 g/mol. The molecule has 0 spiro atoms. The Morgan fingerprint density at radius 1 is 1.12 bits per heavy atom. The average Bonchev–Trinajstić information content (AvgIpc) is 3.43. The van der Waals surface area contributed by atoms with Crippen LogP contribution < -0.4 is 25.2 Å². The molecule has 1 unspecified atom stereocenters. The normalized spacial score (nSPS) is 17.5. The minimum Gasteiger partial charge on any atom is -0.453 e. The summed E-state index contributed by atoms with van der Waals surface area (Å²) < 4.78 is 40.4. The number of fused-ring (bicyclic) bond motifs is 1. The highest BCUT2D eigenvalue weighted by atomic mass is 32.2. The molecule has 0 radical (unpaired) electrons. The molecule has 4 aromatic rings. The summed E-state index contributed by atoms with van der Waals surface area (Å²) in [5.74, 6) is -0.437. The molecule has 6 rings (SSSR count). The minimum atomic E-state index is -0.897. The molecule has 210 valence electrons. The quantitative estimate of drug-likeness (QED) is 0.313. The number of piperazine rings is 1. The number of anilines is 2. The molecule has 0 aliphatic carbocycles. The maximum absolute atomic E-state index is 14.9. The third-order valence-electron chi connectivity index (χ3n) is 7.01. The molecule has 2 saturated heterocycles. The maximum atomic E-state index is 14.9. The zero-order valence-corrected chi connectivity index (χ0v) is 22.7. The number of pyridine rings is 1. The molecule has 2 aliphatic rings. The summed E-state index contributed by atoms with van der Waals surface area (Å²) in [4.78, 5) is 24.5.